The number of nitrogens with two attached hydrogens (primary N) is 1. The summed E-state index contributed by atoms with van der Waals surface area (Å²) in [6.07, 6.45) is 0. The summed E-state index contributed by atoms with van der Waals surface area (Å²) in [5, 5.41) is 0. The molecule has 0 unspecified atom stereocenters. The fourth-order valence-corrected chi connectivity index (χ4v) is 2.87. The van der Waals surface area contributed by atoms with E-state index in [2.05, 4.69) is 4.99 Å². The molecule has 7 nitrogen and oxygen atoms in total. The number of primary amides is 1. The molecule has 0 saturated carbocycles. The Balaban J connectivity index is 2.25. The zero-order valence-electron chi connectivity index (χ0n) is 14.8. The van der Waals surface area contributed by atoms with Crippen molar-refractivity contribution in [3.05, 3.63) is 53.1 Å². The lowest BCUT2D eigenvalue weighted by molar-refractivity contribution is -0.116. The summed E-state index contributed by atoms with van der Waals surface area (Å²) >= 11 is 0. The van der Waals surface area contributed by atoms with Crippen LogP contribution < -0.4 is 20.1 Å². The first kappa shape index (κ1) is 17.5. The molecule has 3 rings (SSSR count). The van der Waals surface area contributed by atoms with Crippen LogP contribution in [0.4, 0.5) is 5.69 Å². The van der Waals surface area contributed by atoms with Gasteiger partial charge < -0.3 is 20.1 Å². The topological polar surface area (TPSA) is 94.2 Å². The van der Waals surface area contributed by atoms with Crippen LogP contribution in [0.15, 0.2) is 41.4 Å². The highest BCUT2D eigenvalue weighted by molar-refractivity contribution is 6.20. The Morgan fingerprint density at radius 3 is 2.50 bits per heavy atom. The first-order chi connectivity index (χ1) is 12.5. The Labute approximate surface area is 151 Å². The van der Waals surface area contributed by atoms with Crippen LogP contribution in [0.5, 0.6) is 11.5 Å². The van der Waals surface area contributed by atoms with Crippen molar-refractivity contribution in [2.24, 2.45) is 10.7 Å². The number of hydrogen-bond acceptors (Lipinski definition) is 5. The molecule has 2 aromatic rings. The van der Waals surface area contributed by atoms with Crippen molar-refractivity contribution < 1.29 is 19.1 Å². The lowest BCUT2D eigenvalue weighted by Crippen LogP contribution is -2.27. The number of benzodiazepines with no additional fused rings is 1. The monoisotopic (exact) mass is 353 g/mol. The normalized spacial score (nSPS) is 13.6. The van der Waals surface area contributed by atoms with Gasteiger partial charge in [0.05, 0.1) is 25.6 Å². The SMILES string of the molecule is COc1cc2c(cc1OC)N(C)C(=O)CN=C2c1cccc(C(N)=O)c1. The molecule has 1 aliphatic rings. The molecule has 0 fully saturated rings. The molecular formula is C19H19N3O4. The van der Waals surface area contributed by atoms with Crippen LogP contribution in [0.2, 0.25) is 0 Å². The molecule has 26 heavy (non-hydrogen) atoms. The minimum Gasteiger partial charge on any atom is -0.493 e. The van der Waals surface area contributed by atoms with Crippen molar-refractivity contribution in [3.63, 3.8) is 0 Å². The van der Waals surface area contributed by atoms with Crippen molar-refractivity contribution in [1.29, 1.82) is 0 Å². The van der Waals surface area contributed by atoms with Crippen molar-refractivity contribution >= 4 is 23.2 Å². The third-order valence-electron chi connectivity index (χ3n) is 4.29. The van der Waals surface area contributed by atoms with Crippen molar-refractivity contribution in [3.8, 4) is 11.5 Å². The Bertz CT molecular complexity index is 921. The second kappa shape index (κ2) is 6.87. The van der Waals surface area contributed by atoms with Gasteiger partial charge >= 0.3 is 0 Å². The summed E-state index contributed by atoms with van der Waals surface area (Å²) in [5.41, 5.74) is 8.39. The molecule has 0 radical (unpaired) electrons. The molecule has 7 heteroatoms. The van der Waals surface area contributed by atoms with Gasteiger partial charge in [0, 0.05) is 29.8 Å². The minimum atomic E-state index is -0.526. The van der Waals surface area contributed by atoms with E-state index in [1.54, 1.807) is 44.5 Å². The smallest absolute Gasteiger partial charge is 0.248 e. The zero-order valence-corrected chi connectivity index (χ0v) is 14.8. The molecule has 2 aromatic carbocycles. The highest BCUT2D eigenvalue weighted by Gasteiger charge is 2.25. The molecule has 1 heterocycles. The van der Waals surface area contributed by atoms with E-state index in [-0.39, 0.29) is 12.5 Å². The number of methoxy groups -OCH3 is 2. The highest BCUT2D eigenvalue weighted by atomic mass is 16.5. The summed E-state index contributed by atoms with van der Waals surface area (Å²) in [4.78, 5) is 29.9. The molecule has 0 saturated heterocycles. The van der Waals surface area contributed by atoms with E-state index < -0.39 is 5.91 Å². The van der Waals surface area contributed by atoms with Gasteiger partial charge in [-0.05, 0) is 18.2 Å². The Hall–Kier alpha value is -3.35. The number of ether oxygens (including phenoxy) is 2. The maximum absolute atomic E-state index is 12.4. The van der Waals surface area contributed by atoms with E-state index in [4.69, 9.17) is 15.2 Å². The van der Waals surface area contributed by atoms with Crippen LogP contribution in [0.25, 0.3) is 0 Å². The Morgan fingerprint density at radius 2 is 1.85 bits per heavy atom. The molecule has 2 N–H and O–H groups in total. The summed E-state index contributed by atoms with van der Waals surface area (Å²) < 4.78 is 10.7. The number of benzene rings is 2. The van der Waals surface area contributed by atoms with Gasteiger partial charge in [0.2, 0.25) is 11.8 Å². The van der Waals surface area contributed by atoms with Crippen LogP contribution in [0, 0.1) is 0 Å². The quantitative estimate of drug-likeness (QED) is 0.904. The lowest BCUT2D eigenvalue weighted by atomic mass is 9.98. The van der Waals surface area contributed by atoms with Crippen LogP contribution in [0.3, 0.4) is 0 Å². The van der Waals surface area contributed by atoms with Gasteiger partial charge in [-0.2, -0.15) is 0 Å². The lowest BCUT2D eigenvalue weighted by Gasteiger charge is -2.20. The van der Waals surface area contributed by atoms with Gasteiger partial charge in [0.25, 0.3) is 0 Å². The number of rotatable bonds is 4. The largest absolute Gasteiger partial charge is 0.493 e. The zero-order chi connectivity index (χ0) is 18.8. The first-order valence-corrected chi connectivity index (χ1v) is 7.94. The summed E-state index contributed by atoms with van der Waals surface area (Å²) in [6, 6.07) is 10.4. The third-order valence-corrected chi connectivity index (χ3v) is 4.29. The van der Waals surface area contributed by atoms with Gasteiger partial charge in [-0.3, -0.25) is 14.6 Å². The molecule has 0 bridgehead atoms. The standard InChI is InChI=1S/C19H19N3O4/c1-22-14-9-16(26-3)15(25-2)8-13(14)18(21-10-17(22)23)11-5-4-6-12(7-11)19(20)24/h4-9H,10H2,1-3H3,(H2,20,24). The molecule has 0 aliphatic carbocycles. The number of nitrogens with zero attached hydrogens (tertiary/aromatic N) is 2. The Kier molecular flexibility index (Phi) is 4.62. The maximum atomic E-state index is 12.4. The van der Waals surface area contributed by atoms with Crippen LogP contribution >= 0.6 is 0 Å². The van der Waals surface area contributed by atoms with Gasteiger partial charge in [0.15, 0.2) is 11.5 Å². The number of hydrogen-bond donors (Lipinski definition) is 1. The van der Waals surface area contributed by atoms with E-state index in [9.17, 15) is 9.59 Å². The molecule has 0 aromatic heterocycles. The average Bonchev–Trinajstić information content (AvgIpc) is 2.77. The maximum Gasteiger partial charge on any atom is 0.248 e. The van der Waals surface area contributed by atoms with E-state index >= 15 is 0 Å². The Morgan fingerprint density at radius 1 is 1.15 bits per heavy atom. The van der Waals surface area contributed by atoms with Crippen molar-refractivity contribution in [1.82, 2.24) is 0 Å². The van der Waals surface area contributed by atoms with Gasteiger partial charge in [-0.1, -0.05) is 12.1 Å². The van der Waals surface area contributed by atoms with E-state index in [0.29, 0.717) is 39.6 Å². The molecule has 2 amide bonds. The number of likely N-dealkylation sites (N-methyl/N-ethyl adjacent to an activating group) is 1. The van der Waals surface area contributed by atoms with Crippen LogP contribution in [-0.4, -0.2) is 45.3 Å². The predicted octanol–water partition coefficient (Wildman–Crippen LogP) is 1.62. The van der Waals surface area contributed by atoms with Crippen molar-refractivity contribution in [2.45, 2.75) is 0 Å². The third kappa shape index (κ3) is 2.99. The number of carbonyl (C=O) groups is 2. The summed E-state index contributed by atoms with van der Waals surface area (Å²) in [7, 11) is 4.76. The number of fused-ring (bicyclic) bond motifs is 1. The average molecular weight is 353 g/mol. The van der Waals surface area contributed by atoms with E-state index in [0.717, 1.165) is 0 Å². The van der Waals surface area contributed by atoms with Gasteiger partial charge in [0.1, 0.15) is 6.54 Å². The highest BCUT2D eigenvalue weighted by Crippen LogP contribution is 2.37. The second-order valence-corrected chi connectivity index (χ2v) is 5.79. The molecule has 1 aliphatic heterocycles. The number of carbonyl (C=O) groups excluding carboxylic acids is 2. The fourth-order valence-electron chi connectivity index (χ4n) is 2.87. The van der Waals surface area contributed by atoms with Gasteiger partial charge in [-0.25, -0.2) is 0 Å². The first-order valence-electron chi connectivity index (χ1n) is 7.94. The van der Waals surface area contributed by atoms with Crippen molar-refractivity contribution in [2.75, 3.05) is 32.7 Å². The molecule has 134 valence electrons. The van der Waals surface area contributed by atoms with Gasteiger partial charge in [-0.15, -0.1) is 0 Å². The summed E-state index contributed by atoms with van der Waals surface area (Å²) in [6.45, 7) is -0.00799. The predicted molar refractivity (Wildman–Crippen MR) is 98.4 cm³/mol. The van der Waals surface area contributed by atoms with Crippen LogP contribution in [-0.2, 0) is 4.79 Å². The number of anilines is 1. The minimum absolute atomic E-state index is 0.00799. The summed E-state index contributed by atoms with van der Waals surface area (Å²) in [5.74, 6) is 0.354. The molecule has 0 spiro atoms. The number of aliphatic imine (C=N–C) groups is 1. The van der Waals surface area contributed by atoms with E-state index in [1.807, 2.05) is 6.07 Å². The van der Waals surface area contributed by atoms with Crippen LogP contribution in [0.1, 0.15) is 21.5 Å². The second-order valence-electron chi connectivity index (χ2n) is 5.79. The molecule has 0 atom stereocenters. The fraction of sp³-hybridized carbons (Fsp3) is 0.211. The number of amides is 2. The van der Waals surface area contributed by atoms with E-state index in [1.165, 1.54) is 12.0 Å². The molecular weight excluding hydrogens is 334 g/mol.